The summed E-state index contributed by atoms with van der Waals surface area (Å²) in [6.45, 7) is 0. The Balaban J connectivity index is 1.69. The number of nitriles is 1. The van der Waals surface area contributed by atoms with Crippen LogP contribution in [0.15, 0.2) is 78.2 Å². The molecule has 0 saturated carbocycles. The number of rotatable bonds is 6. The minimum Gasteiger partial charge on any atom is -0.497 e. The van der Waals surface area contributed by atoms with E-state index < -0.39 is 0 Å². The molecule has 29 heavy (non-hydrogen) atoms. The van der Waals surface area contributed by atoms with E-state index in [4.69, 9.17) is 10.00 Å². The van der Waals surface area contributed by atoms with E-state index in [1.54, 1.807) is 31.3 Å². The van der Waals surface area contributed by atoms with Crippen molar-refractivity contribution < 1.29 is 4.74 Å². The number of methoxy groups -OCH3 is 1. The summed E-state index contributed by atoms with van der Waals surface area (Å²) >= 11 is 1.59. The molecule has 0 fully saturated rings. The molecule has 4 aromatic rings. The van der Waals surface area contributed by atoms with E-state index in [1.165, 1.54) is 0 Å². The van der Waals surface area contributed by atoms with E-state index in [9.17, 15) is 0 Å². The molecule has 0 spiro atoms. The maximum atomic E-state index is 8.96. The zero-order valence-electron chi connectivity index (χ0n) is 15.7. The Hall–Kier alpha value is -3.63. The normalized spacial score (nSPS) is 10.5. The molecule has 2 aromatic heterocycles. The van der Waals surface area contributed by atoms with Gasteiger partial charge < -0.3 is 4.74 Å². The van der Waals surface area contributed by atoms with Crippen molar-refractivity contribution in [2.45, 2.75) is 10.9 Å². The number of hydrogen-bond acceptors (Lipinski definition) is 6. The van der Waals surface area contributed by atoms with Crippen molar-refractivity contribution in [3.05, 3.63) is 84.2 Å². The first-order valence-electron chi connectivity index (χ1n) is 8.90. The molecule has 4 rings (SSSR count). The molecule has 0 bridgehead atoms. The van der Waals surface area contributed by atoms with Crippen molar-refractivity contribution in [2.24, 2.45) is 0 Å². The summed E-state index contributed by atoms with van der Waals surface area (Å²) in [6.07, 6.45) is 3.51. The van der Waals surface area contributed by atoms with E-state index >= 15 is 0 Å². The van der Waals surface area contributed by atoms with Crippen LogP contribution in [0.1, 0.15) is 11.1 Å². The third-order valence-corrected chi connectivity index (χ3v) is 5.33. The first-order valence-corrected chi connectivity index (χ1v) is 9.89. The van der Waals surface area contributed by atoms with Gasteiger partial charge in [-0.2, -0.15) is 5.26 Å². The third kappa shape index (κ3) is 4.13. The molecule has 0 saturated heterocycles. The van der Waals surface area contributed by atoms with Gasteiger partial charge in [0.15, 0.2) is 11.0 Å². The zero-order chi connectivity index (χ0) is 20.1. The van der Waals surface area contributed by atoms with Crippen LogP contribution in [0.4, 0.5) is 0 Å². The van der Waals surface area contributed by atoms with Gasteiger partial charge in [0.05, 0.1) is 18.7 Å². The van der Waals surface area contributed by atoms with Crippen molar-refractivity contribution in [1.82, 2.24) is 19.7 Å². The van der Waals surface area contributed by atoms with Gasteiger partial charge in [0, 0.05) is 29.4 Å². The lowest BCUT2D eigenvalue weighted by molar-refractivity contribution is 0.414. The quantitative estimate of drug-likeness (QED) is 0.444. The van der Waals surface area contributed by atoms with E-state index in [0.29, 0.717) is 11.3 Å². The Kier molecular flexibility index (Phi) is 5.54. The summed E-state index contributed by atoms with van der Waals surface area (Å²) in [5, 5.41) is 18.6. The smallest absolute Gasteiger partial charge is 0.196 e. The number of aromatic nitrogens is 4. The minimum absolute atomic E-state index is 0.652. The highest BCUT2D eigenvalue weighted by Crippen LogP contribution is 2.30. The Morgan fingerprint density at radius 3 is 2.48 bits per heavy atom. The van der Waals surface area contributed by atoms with Crippen LogP contribution in [0.5, 0.6) is 5.75 Å². The molecule has 2 aromatic carbocycles. The molecule has 0 unspecified atom stereocenters. The fraction of sp³-hybridized carbons (Fsp3) is 0.0909. The largest absolute Gasteiger partial charge is 0.497 e. The van der Waals surface area contributed by atoms with E-state index in [0.717, 1.165) is 33.5 Å². The Labute approximate surface area is 172 Å². The van der Waals surface area contributed by atoms with Gasteiger partial charge >= 0.3 is 0 Å². The third-order valence-electron chi connectivity index (χ3n) is 4.33. The van der Waals surface area contributed by atoms with Crippen LogP contribution in [-0.2, 0) is 5.75 Å². The number of benzene rings is 2. The molecule has 0 aliphatic heterocycles. The average molecular weight is 399 g/mol. The molecule has 0 radical (unpaired) electrons. The van der Waals surface area contributed by atoms with Crippen molar-refractivity contribution in [3.63, 3.8) is 0 Å². The second-order valence-electron chi connectivity index (χ2n) is 6.18. The van der Waals surface area contributed by atoms with Crippen molar-refractivity contribution in [3.8, 4) is 28.9 Å². The molecule has 0 aliphatic carbocycles. The van der Waals surface area contributed by atoms with Crippen LogP contribution in [0.2, 0.25) is 0 Å². The van der Waals surface area contributed by atoms with Crippen LogP contribution in [0.25, 0.3) is 17.1 Å². The molecule has 0 atom stereocenters. The summed E-state index contributed by atoms with van der Waals surface area (Å²) < 4.78 is 7.30. The molecular weight excluding hydrogens is 382 g/mol. The van der Waals surface area contributed by atoms with E-state index in [1.807, 2.05) is 65.2 Å². The van der Waals surface area contributed by atoms with Crippen molar-refractivity contribution in [2.75, 3.05) is 7.11 Å². The lowest BCUT2D eigenvalue weighted by atomic mass is 10.2. The van der Waals surface area contributed by atoms with Crippen LogP contribution in [0.3, 0.4) is 0 Å². The Morgan fingerprint density at radius 1 is 1.03 bits per heavy atom. The van der Waals surface area contributed by atoms with Gasteiger partial charge in [-0.15, -0.1) is 10.2 Å². The topological polar surface area (TPSA) is 76.6 Å². The second kappa shape index (κ2) is 8.59. The Bertz CT molecular complexity index is 1130. The SMILES string of the molecule is COc1ccc(-n2c(SCc3ccc(C#N)cc3)nnc2-c2cccnc2)cc1. The van der Waals surface area contributed by atoms with Crippen molar-refractivity contribution >= 4 is 11.8 Å². The number of hydrogen-bond donors (Lipinski definition) is 0. The number of thioether (sulfide) groups is 1. The van der Waals surface area contributed by atoms with Gasteiger partial charge in [-0.3, -0.25) is 9.55 Å². The van der Waals surface area contributed by atoms with Gasteiger partial charge in [0.1, 0.15) is 5.75 Å². The van der Waals surface area contributed by atoms with E-state index in [2.05, 4.69) is 21.3 Å². The van der Waals surface area contributed by atoms with Gasteiger partial charge in [-0.25, -0.2) is 0 Å². The fourth-order valence-corrected chi connectivity index (χ4v) is 3.74. The first-order chi connectivity index (χ1) is 14.3. The average Bonchev–Trinajstić information content (AvgIpc) is 3.22. The number of nitrogens with zero attached hydrogens (tertiary/aromatic N) is 5. The minimum atomic E-state index is 0.652. The summed E-state index contributed by atoms with van der Waals surface area (Å²) in [7, 11) is 1.65. The molecule has 2 heterocycles. The molecule has 0 N–H and O–H groups in total. The maximum Gasteiger partial charge on any atom is 0.196 e. The van der Waals surface area contributed by atoms with Gasteiger partial charge in [0.25, 0.3) is 0 Å². The van der Waals surface area contributed by atoms with Crippen LogP contribution in [-0.4, -0.2) is 26.9 Å². The van der Waals surface area contributed by atoms with Crippen molar-refractivity contribution in [1.29, 1.82) is 5.26 Å². The summed E-state index contributed by atoms with van der Waals surface area (Å²) in [5.74, 6) is 2.23. The molecular formula is C22H17N5OS. The monoisotopic (exact) mass is 399 g/mol. The highest BCUT2D eigenvalue weighted by atomic mass is 32.2. The Morgan fingerprint density at radius 2 is 1.83 bits per heavy atom. The first kappa shape index (κ1) is 18.7. The molecule has 0 amide bonds. The predicted molar refractivity (Wildman–Crippen MR) is 112 cm³/mol. The highest BCUT2D eigenvalue weighted by molar-refractivity contribution is 7.98. The lowest BCUT2D eigenvalue weighted by Gasteiger charge is -2.11. The number of ether oxygens (including phenoxy) is 1. The summed E-state index contributed by atoms with van der Waals surface area (Å²) in [6, 6.07) is 21.3. The predicted octanol–water partition coefficient (Wildman–Crippen LogP) is 4.50. The maximum absolute atomic E-state index is 8.96. The zero-order valence-corrected chi connectivity index (χ0v) is 16.5. The van der Waals surface area contributed by atoms with Crippen LogP contribution >= 0.6 is 11.8 Å². The highest BCUT2D eigenvalue weighted by Gasteiger charge is 2.16. The lowest BCUT2D eigenvalue weighted by Crippen LogP contribution is -2.00. The summed E-state index contributed by atoms with van der Waals surface area (Å²) in [4.78, 5) is 4.21. The molecule has 6 nitrogen and oxygen atoms in total. The molecule has 0 aliphatic rings. The van der Waals surface area contributed by atoms with Gasteiger partial charge in [-0.05, 0) is 54.1 Å². The van der Waals surface area contributed by atoms with Crippen LogP contribution < -0.4 is 4.74 Å². The van der Waals surface area contributed by atoms with E-state index in [-0.39, 0.29) is 0 Å². The fourth-order valence-electron chi connectivity index (χ4n) is 2.83. The second-order valence-corrected chi connectivity index (χ2v) is 7.12. The molecule has 7 heteroatoms. The standard InChI is InChI=1S/C22H17N5OS/c1-28-20-10-8-19(9-11-20)27-21(18-3-2-12-24-14-18)25-26-22(27)29-15-17-6-4-16(13-23)5-7-17/h2-12,14H,15H2,1H3. The van der Waals surface area contributed by atoms with Crippen LogP contribution in [0, 0.1) is 11.3 Å². The summed E-state index contributed by atoms with van der Waals surface area (Å²) in [5.41, 5.74) is 3.60. The van der Waals surface area contributed by atoms with Gasteiger partial charge in [-0.1, -0.05) is 23.9 Å². The molecule has 142 valence electrons. The number of pyridine rings is 1. The van der Waals surface area contributed by atoms with Gasteiger partial charge in [0.2, 0.25) is 0 Å².